The van der Waals surface area contributed by atoms with Crippen LogP contribution in [0, 0.1) is 6.92 Å². The van der Waals surface area contributed by atoms with Gasteiger partial charge >= 0.3 is 5.97 Å². The van der Waals surface area contributed by atoms with Crippen molar-refractivity contribution in [3.05, 3.63) is 108 Å². The smallest absolute Gasteiger partial charge is 0.339 e. The molecule has 190 valence electrons. The molecule has 0 saturated carbocycles. The Kier molecular flexibility index (Phi) is 6.52. The maximum atomic E-state index is 13.0. The number of thiazole rings is 1. The molecule has 0 aliphatic carbocycles. The predicted octanol–water partition coefficient (Wildman–Crippen LogP) is 6.68. The molecule has 0 spiro atoms. The van der Waals surface area contributed by atoms with Crippen molar-refractivity contribution < 1.29 is 14.3 Å². The van der Waals surface area contributed by atoms with Crippen LogP contribution in [0.2, 0.25) is 0 Å². The van der Waals surface area contributed by atoms with Gasteiger partial charge in [0.1, 0.15) is 5.01 Å². The highest BCUT2D eigenvalue weighted by Crippen LogP contribution is 2.31. The lowest BCUT2D eigenvalue weighted by Crippen LogP contribution is -2.21. The summed E-state index contributed by atoms with van der Waals surface area (Å²) in [7, 11) is 0. The zero-order chi connectivity index (χ0) is 26.8. The Morgan fingerprint density at radius 2 is 1.64 bits per heavy atom. The van der Waals surface area contributed by atoms with E-state index in [4.69, 9.17) is 9.72 Å². The molecule has 6 aromatic rings. The minimum absolute atomic E-state index is 0.343. The Labute approximate surface area is 228 Å². The second-order valence-electron chi connectivity index (χ2n) is 9.00. The first-order valence-corrected chi connectivity index (χ1v) is 13.1. The number of nitrogens with one attached hydrogen (secondary N) is 1. The number of hydrogen-bond donors (Lipinski definition) is 1. The van der Waals surface area contributed by atoms with Gasteiger partial charge < -0.3 is 10.1 Å². The highest BCUT2D eigenvalue weighted by molar-refractivity contribution is 7.21. The van der Waals surface area contributed by atoms with Crippen LogP contribution >= 0.6 is 11.3 Å². The first kappa shape index (κ1) is 24.4. The van der Waals surface area contributed by atoms with Crippen LogP contribution < -0.4 is 5.32 Å². The van der Waals surface area contributed by atoms with E-state index in [2.05, 4.69) is 28.3 Å². The molecule has 3 heterocycles. The van der Waals surface area contributed by atoms with Crippen LogP contribution in [0.5, 0.6) is 0 Å². The Hall–Kier alpha value is -4.95. The van der Waals surface area contributed by atoms with Crippen LogP contribution in [-0.2, 0) is 9.53 Å². The standard InChI is InChI=1S/C31H22N4O3S/c1-19-6-11-26-28(16-19)39-30(35-26)21-7-9-22(10-8-21)33-29(36)18-38-31(37)24-17-27(20-12-14-32-15-13-20)34-25-5-3-2-4-23(24)25/h2-17H,18H2,1H3,(H,33,36). The van der Waals surface area contributed by atoms with Gasteiger partial charge in [-0.15, -0.1) is 11.3 Å². The summed E-state index contributed by atoms with van der Waals surface area (Å²) >= 11 is 1.63. The number of carbonyl (C=O) groups is 2. The quantitative estimate of drug-likeness (QED) is 0.242. The van der Waals surface area contributed by atoms with Crippen molar-refractivity contribution in [3.63, 3.8) is 0 Å². The molecule has 0 radical (unpaired) electrons. The number of para-hydroxylation sites is 1. The summed E-state index contributed by atoms with van der Waals surface area (Å²) in [5.41, 5.74) is 6.18. The number of pyridine rings is 2. The average Bonchev–Trinajstić information content (AvgIpc) is 3.39. The van der Waals surface area contributed by atoms with Gasteiger partial charge in [0.05, 0.1) is 27.0 Å². The second-order valence-corrected chi connectivity index (χ2v) is 10.0. The van der Waals surface area contributed by atoms with Crippen molar-refractivity contribution in [2.24, 2.45) is 0 Å². The Morgan fingerprint density at radius 1 is 0.846 bits per heavy atom. The third kappa shape index (κ3) is 5.23. The molecule has 0 unspecified atom stereocenters. The molecule has 6 rings (SSSR count). The van der Waals surface area contributed by atoms with Crippen molar-refractivity contribution in [1.82, 2.24) is 15.0 Å². The largest absolute Gasteiger partial charge is 0.452 e. The van der Waals surface area contributed by atoms with Gasteiger partial charge in [-0.25, -0.2) is 14.8 Å². The van der Waals surface area contributed by atoms with E-state index in [1.807, 2.05) is 72.8 Å². The summed E-state index contributed by atoms with van der Waals surface area (Å²) < 4.78 is 6.54. The Bertz CT molecular complexity index is 1830. The van der Waals surface area contributed by atoms with Gasteiger partial charge in [-0.1, -0.05) is 24.3 Å². The Balaban J connectivity index is 1.14. The van der Waals surface area contributed by atoms with Crippen molar-refractivity contribution in [2.45, 2.75) is 6.92 Å². The number of aryl methyl sites for hydroxylation is 1. The van der Waals surface area contributed by atoms with Gasteiger partial charge in [-0.2, -0.15) is 0 Å². The van der Waals surface area contributed by atoms with Crippen molar-refractivity contribution in [1.29, 1.82) is 0 Å². The Morgan fingerprint density at radius 3 is 2.46 bits per heavy atom. The highest BCUT2D eigenvalue weighted by atomic mass is 32.1. The molecule has 0 aliphatic heterocycles. The normalized spacial score (nSPS) is 11.0. The van der Waals surface area contributed by atoms with Crippen LogP contribution in [0.15, 0.2) is 97.3 Å². The minimum atomic E-state index is -0.597. The average molecular weight is 531 g/mol. The van der Waals surface area contributed by atoms with Gasteiger partial charge in [0, 0.05) is 34.6 Å². The molecular weight excluding hydrogens is 508 g/mol. The van der Waals surface area contributed by atoms with Crippen LogP contribution in [0.3, 0.4) is 0 Å². The number of esters is 1. The fourth-order valence-electron chi connectivity index (χ4n) is 4.27. The van der Waals surface area contributed by atoms with E-state index < -0.39 is 18.5 Å². The molecular formula is C31H22N4O3S. The topological polar surface area (TPSA) is 94.1 Å². The maximum Gasteiger partial charge on any atom is 0.339 e. The van der Waals surface area contributed by atoms with Gasteiger partial charge in [0.25, 0.3) is 5.91 Å². The third-order valence-corrected chi connectivity index (χ3v) is 7.27. The fourth-order valence-corrected chi connectivity index (χ4v) is 5.34. The number of rotatable bonds is 6. The molecule has 0 aliphatic rings. The zero-order valence-corrected chi connectivity index (χ0v) is 21.7. The number of benzene rings is 3. The molecule has 7 nitrogen and oxygen atoms in total. The van der Waals surface area contributed by atoms with Crippen LogP contribution in [0.1, 0.15) is 15.9 Å². The van der Waals surface area contributed by atoms with Crippen LogP contribution in [0.4, 0.5) is 5.69 Å². The lowest BCUT2D eigenvalue weighted by atomic mass is 10.0. The van der Waals surface area contributed by atoms with Gasteiger partial charge in [0.2, 0.25) is 0 Å². The molecule has 8 heteroatoms. The summed E-state index contributed by atoms with van der Waals surface area (Å²) in [4.78, 5) is 39.0. The molecule has 0 fully saturated rings. The van der Waals surface area contributed by atoms with E-state index >= 15 is 0 Å². The van der Waals surface area contributed by atoms with Crippen molar-refractivity contribution >= 4 is 50.0 Å². The fraction of sp³-hybridized carbons (Fsp3) is 0.0645. The zero-order valence-electron chi connectivity index (χ0n) is 20.9. The highest BCUT2D eigenvalue weighted by Gasteiger charge is 2.17. The summed E-state index contributed by atoms with van der Waals surface area (Å²) in [6.07, 6.45) is 3.34. The number of aromatic nitrogens is 3. The molecule has 1 amide bonds. The number of anilines is 1. The van der Waals surface area contributed by atoms with E-state index in [0.29, 0.717) is 27.8 Å². The predicted molar refractivity (Wildman–Crippen MR) is 154 cm³/mol. The molecule has 3 aromatic carbocycles. The van der Waals surface area contributed by atoms with E-state index in [9.17, 15) is 9.59 Å². The van der Waals surface area contributed by atoms with Crippen LogP contribution in [0.25, 0.3) is 42.9 Å². The van der Waals surface area contributed by atoms with Gasteiger partial charge in [-0.3, -0.25) is 9.78 Å². The number of ether oxygens (including phenoxy) is 1. The summed E-state index contributed by atoms with van der Waals surface area (Å²) in [5, 5.41) is 4.35. The second kappa shape index (κ2) is 10.4. The van der Waals surface area contributed by atoms with Crippen LogP contribution in [-0.4, -0.2) is 33.4 Å². The molecule has 1 N–H and O–H groups in total. The number of carbonyl (C=O) groups excluding carboxylic acids is 2. The first-order chi connectivity index (χ1) is 19.0. The van der Waals surface area contributed by atoms with Crippen molar-refractivity contribution in [2.75, 3.05) is 11.9 Å². The molecule has 0 bridgehead atoms. The lowest BCUT2D eigenvalue weighted by Gasteiger charge is -2.10. The van der Waals surface area contributed by atoms with E-state index in [1.54, 1.807) is 29.8 Å². The van der Waals surface area contributed by atoms with E-state index in [0.717, 1.165) is 26.4 Å². The van der Waals surface area contributed by atoms with E-state index in [-0.39, 0.29) is 0 Å². The lowest BCUT2D eigenvalue weighted by molar-refractivity contribution is -0.119. The number of amides is 1. The van der Waals surface area contributed by atoms with E-state index in [1.165, 1.54) is 5.56 Å². The first-order valence-electron chi connectivity index (χ1n) is 12.3. The number of nitrogens with zero attached hydrogens (tertiary/aromatic N) is 3. The van der Waals surface area contributed by atoms with Gasteiger partial charge in [-0.05, 0) is 73.2 Å². The SMILES string of the molecule is Cc1ccc2nc(-c3ccc(NC(=O)COC(=O)c4cc(-c5ccncc5)nc5ccccc45)cc3)sc2c1. The summed E-state index contributed by atoms with van der Waals surface area (Å²) in [5.74, 6) is -1.03. The number of fused-ring (bicyclic) bond motifs is 2. The monoisotopic (exact) mass is 530 g/mol. The molecule has 3 aromatic heterocycles. The molecule has 0 saturated heterocycles. The molecule has 0 atom stereocenters. The summed E-state index contributed by atoms with van der Waals surface area (Å²) in [6.45, 7) is 1.64. The maximum absolute atomic E-state index is 13.0. The third-order valence-electron chi connectivity index (χ3n) is 6.21. The summed E-state index contributed by atoms with van der Waals surface area (Å²) in [6, 6.07) is 26.3. The molecule has 39 heavy (non-hydrogen) atoms. The number of hydrogen-bond acceptors (Lipinski definition) is 7. The van der Waals surface area contributed by atoms with Crippen molar-refractivity contribution in [3.8, 4) is 21.8 Å². The minimum Gasteiger partial charge on any atom is -0.452 e. The van der Waals surface area contributed by atoms with Gasteiger partial charge in [0.15, 0.2) is 6.61 Å².